The summed E-state index contributed by atoms with van der Waals surface area (Å²) in [6.07, 6.45) is 10.4. The van der Waals surface area contributed by atoms with E-state index in [2.05, 4.69) is 60.7 Å². The third-order valence-electron chi connectivity index (χ3n) is 5.53. The summed E-state index contributed by atoms with van der Waals surface area (Å²) in [5.74, 6) is 1.47. The molecular weight excluding hydrogens is 399 g/mol. The molecule has 1 N–H and O–H groups in total. The lowest BCUT2D eigenvalue weighted by Crippen LogP contribution is -2.14. The molecule has 2 nitrogen and oxygen atoms in total. The highest BCUT2D eigenvalue weighted by Gasteiger charge is 2.14. The van der Waals surface area contributed by atoms with Gasteiger partial charge in [0.05, 0.1) is 6.10 Å². The molecular formula is C28H29O2P. The fraction of sp³-hybridized carbons (Fsp3) is 0.214. The van der Waals surface area contributed by atoms with Gasteiger partial charge in [-0.2, -0.15) is 0 Å². The van der Waals surface area contributed by atoms with Gasteiger partial charge in [0.2, 0.25) is 0 Å². The fourth-order valence-corrected chi connectivity index (χ4v) is 5.31. The number of hydrogen-bond donors (Lipinski definition) is 1. The minimum absolute atomic E-state index is 0.426. The van der Waals surface area contributed by atoms with E-state index in [4.69, 9.17) is 4.74 Å². The highest BCUT2D eigenvalue weighted by atomic mass is 31.1. The molecule has 31 heavy (non-hydrogen) atoms. The maximum Gasteiger partial charge on any atom is 0.127 e. The van der Waals surface area contributed by atoms with Crippen LogP contribution in [-0.4, -0.2) is 5.11 Å². The van der Waals surface area contributed by atoms with Crippen LogP contribution in [-0.2, 0) is 13.0 Å². The van der Waals surface area contributed by atoms with E-state index in [1.165, 1.54) is 16.2 Å². The van der Waals surface area contributed by atoms with Crippen molar-refractivity contribution in [1.82, 2.24) is 0 Å². The number of rotatable bonds is 8. The topological polar surface area (TPSA) is 29.5 Å². The van der Waals surface area contributed by atoms with E-state index in [0.717, 1.165) is 29.7 Å². The van der Waals surface area contributed by atoms with Crippen LogP contribution < -0.4 is 15.3 Å². The van der Waals surface area contributed by atoms with Crippen molar-refractivity contribution in [3.8, 4) is 5.75 Å². The Morgan fingerprint density at radius 1 is 0.935 bits per heavy atom. The summed E-state index contributed by atoms with van der Waals surface area (Å²) < 4.78 is 6.26. The zero-order valence-electron chi connectivity index (χ0n) is 17.9. The van der Waals surface area contributed by atoms with Crippen LogP contribution in [0.5, 0.6) is 5.75 Å². The number of ether oxygens (including phenoxy) is 1. The summed E-state index contributed by atoms with van der Waals surface area (Å²) in [5, 5.41) is 12.6. The Bertz CT molecular complexity index is 1050. The largest absolute Gasteiger partial charge is 0.488 e. The minimum Gasteiger partial charge on any atom is -0.488 e. The van der Waals surface area contributed by atoms with Crippen molar-refractivity contribution in [2.24, 2.45) is 5.92 Å². The second-order valence-corrected chi connectivity index (χ2v) is 9.33. The molecule has 3 unspecified atom stereocenters. The van der Waals surface area contributed by atoms with Crippen molar-refractivity contribution in [2.75, 3.05) is 0 Å². The van der Waals surface area contributed by atoms with Gasteiger partial charge in [-0.1, -0.05) is 93.5 Å². The molecule has 3 atom stereocenters. The summed E-state index contributed by atoms with van der Waals surface area (Å²) in [6.45, 7) is 2.38. The van der Waals surface area contributed by atoms with Crippen molar-refractivity contribution >= 4 is 19.2 Å². The number of allylic oxidation sites excluding steroid dienone is 4. The highest BCUT2D eigenvalue weighted by molar-refractivity contribution is 7.55. The lowest BCUT2D eigenvalue weighted by atomic mass is 9.93. The number of hydrogen-bond acceptors (Lipinski definition) is 2. The summed E-state index contributed by atoms with van der Waals surface area (Å²) in [6, 6.07) is 25.0. The maximum absolute atomic E-state index is 10.2. The zero-order chi connectivity index (χ0) is 21.5. The molecule has 3 aromatic carbocycles. The van der Waals surface area contributed by atoms with Gasteiger partial charge >= 0.3 is 0 Å². The van der Waals surface area contributed by atoms with Gasteiger partial charge in [-0.25, -0.2) is 0 Å². The van der Waals surface area contributed by atoms with Gasteiger partial charge < -0.3 is 9.84 Å². The van der Waals surface area contributed by atoms with E-state index in [0.29, 0.717) is 21.1 Å². The smallest absolute Gasteiger partial charge is 0.127 e. The first-order chi connectivity index (χ1) is 15.2. The van der Waals surface area contributed by atoms with Crippen molar-refractivity contribution in [3.05, 3.63) is 114 Å². The normalized spacial score (nSPS) is 16.6. The monoisotopic (exact) mass is 428 g/mol. The molecule has 0 fully saturated rings. The average Bonchev–Trinajstić information content (AvgIpc) is 2.80. The Labute approximate surface area is 187 Å². The molecule has 3 aromatic rings. The standard InChI is InChI=1S/C28H29O2P/c1-21(29)25-14-8-9-15-27(25)31-28-19-24(18-22-10-4-2-5-11-22)16-17-26(28)30-20-23-12-6-3-7-13-23/h2-10,12-17,19,21-22,29,31H,11,18,20H2,1H3. The molecule has 3 heteroatoms. The first kappa shape index (κ1) is 21.6. The first-order valence-electron chi connectivity index (χ1n) is 10.9. The molecule has 0 aliphatic heterocycles. The van der Waals surface area contributed by atoms with E-state index >= 15 is 0 Å². The third-order valence-corrected chi connectivity index (χ3v) is 6.91. The van der Waals surface area contributed by atoms with Gasteiger partial charge in [0.1, 0.15) is 12.4 Å². The van der Waals surface area contributed by atoms with Crippen LogP contribution in [0.1, 0.15) is 36.1 Å². The van der Waals surface area contributed by atoms with Crippen LogP contribution in [0.2, 0.25) is 0 Å². The quantitative estimate of drug-likeness (QED) is 0.472. The van der Waals surface area contributed by atoms with Crippen molar-refractivity contribution in [1.29, 1.82) is 0 Å². The molecule has 0 aromatic heterocycles. The van der Waals surface area contributed by atoms with Crippen LogP contribution in [0.15, 0.2) is 97.1 Å². The molecule has 0 radical (unpaired) electrons. The lowest BCUT2D eigenvalue weighted by Gasteiger charge is -2.18. The highest BCUT2D eigenvalue weighted by Crippen LogP contribution is 2.27. The minimum atomic E-state index is -0.486. The van der Waals surface area contributed by atoms with E-state index in [1.54, 1.807) is 0 Å². The number of aliphatic hydroxyl groups is 1. The summed E-state index contributed by atoms with van der Waals surface area (Å²) in [4.78, 5) is 0. The molecule has 1 aliphatic rings. The Morgan fingerprint density at radius 3 is 2.52 bits per heavy atom. The molecule has 0 saturated heterocycles. The second-order valence-electron chi connectivity index (χ2n) is 8.01. The van der Waals surface area contributed by atoms with Crippen LogP contribution in [0.25, 0.3) is 0 Å². The molecule has 0 saturated carbocycles. The van der Waals surface area contributed by atoms with Crippen LogP contribution in [0.4, 0.5) is 0 Å². The Hall–Kier alpha value is -2.67. The summed E-state index contributed by atoms with van der Waals surface area (Å²) in [5.41, 5.74) is 3.47. The van der Waals surface area contributed by atoms with Gasteiger partial charge in [0.15, 0.2) is 0 Å². The van der Waals surface area contributed by atoms with Gasteiger partial charge in [0, 0.05) is 5.30 Å². The Morgan fingerprint density at radius 2 is 1.74 bits per heavy atom. The predicted molar refractivity (Wildman–Crippen MR) is 132 cm³/mol. The van der Waals surface area contributed by atoms with Crippen molar-refractivity contribution < 1.29 is 9.84 Å². The molecule has 0 bridgehead atoms. The van der Waals surface area contributed by atoms with Crippen LogP contribution in [0, 0.1) is 5.92 Å². The van der Waals surface area contributed by atoms with Crippen molar-refractivity contribution in [3.63, 3.8) is 0 Å². The zero-order valence-corrected chi connectivity index (χ0v) is 18.9. The molecule has 0 amide bonds. The molecule has 4 rings (SSSR count). The fourth-order valence-electron chi connectivity index (χ4n) is 3.87. The lowest BCUT2D eigenvalue weighted by molar-refractivity contribution is 0.200. The molecule has 158 valence electrons. The van der Waals surface area contributed by atoms with Crippen molar-refractivity contribution in [2.45, 2.75) is 32.5 Å². The van der Waals surface area contributed by atoms with E-state index in [9.17, 15) is 5.11 Å². The predicted octanol–water partition coefficient (Wildman–Crippen LogP) is 5.62. The Kier molecular flexibility index (Phi) is 7.35. The van der Waals surface area contributed by atoms with E-state index in [1.807, 2.05) is 43.3 Å². The van der Waals surface area contributed by atoms with Crippen LogP contribution in [0.3, 0.4) is 0 Å². The van der Waals surface area contributed by atoms with E-state index < -0.39 is 6.10 Å². The number of benzene rings is 3. The van der Waals surface area contributed by atoms with E-state index in [-0.39, 0.29) is 0 Å². The summed E-state index contributed by atoms with van der Waals surface area (Å²) >= 11 is 0. The average molecular weight is 429 g/mol. The summed E-state index contributed by atoms with van der Waals surface area (Å²) in [7, 11) is 0.426. The molecule has 0 spiro atoms. The van der Waals surface area contributed by atoms with Gasteiger partial charge in [-0.15, -0.1) is 0 Å². The molecule has 0 heterocycles. The molecule has 1 aliphatic carbocycles. The maximum atomic E-state index is 10.2. The first-order valence-corrected chi connectivity index (χ1v) is 11.9. The van der Waals surface area contributed by atoms with Gasteiger partial charge in [-0.05, 0) is 59.8 Å². The van der Waals surface area contributed by atoms with Gasteiger partial charge in [-0.3, -0.25) is 0 Å². The van der Waals surface area contributed by atoms with Gasteiger partial charge in [0.25, 0.3) is 0 Å². The van der Waals surface area contributed by atoms with Crippen LogP contribution >= 0.6 is 8.58 Å². The SMILES string of the molecule is CC(O)c1ccccc1Pc1cc(CC2C=CC=CC2)ccc1OCc1ccccc1. The Balaban J connectivity index is 1.60. The second kappa shape index (κ2) is 10.6. The third kappa shape index (κ3) is 5.94. The number of aliphatic hydroxyl groups excluding tert-OH is 1.